The number of halogens is 1. The van der Waals surface area contributed by atoms with E-state index < -0.39 is 17.3 Å². The monoisotopic (exact) mass is 401 g/mol. The van der Waals surface area contributed by atoms with Crippen LogP contribution in [0.25, 0.3) is 0 Å². The summed E-state index contributed by atoms with van der Waals surface area (Å²) in [5.41, 5.74) is 10.6. The molecule has 0 radical (unpaired) electrons. The number of aliphatic imine (C=N–C) groups is 1. The Morgan fingerprint density at radius 2 is 2.14 bits per heavy atom. The minimum absolute atomic E-state index is 0.00184. The lowest BCUT2D eigenvalue weighted by Gasteiger charge is -2.34. The van der Waals surface area contributed by atoms with E-state index in [0.29, 0.717) is 11.4 Å². The first-order chi connectivity index (χ1) is 13.6. The molecule has 1 heterocycles. The number of amides is 2. The number of carbonyl (C=O) groups excluding carboxylic acids is 2. The number of carbonyl (C=O) groups is 2. The van der Waals surface area contributed by atoms with Gasteiger partial charge in [0.2, 0.25) is 5.91 Å². The summed E-state index contributed by atoms with van der Waals surface area (Å²) in [5.74, 6) is -0.986. The van der Waals surface area contributed by atoms with Crippen LogP contribution in [0.1, 0.15) is 18.9 Å². The number of nitrogens with two attached hydrogens (primary N) is 2. The molecule has 0 saturated heterocycles. The summed E-state index contributed by atoms with van der Waals surface area (Å²) in [5, 5.41) is 2.63. The molecule has 9 heteroatoms. The molecule has 1 atom stereocenters. The average molecular weight is 401 g/mol. The second-order valence-electron chi connectivity index (χ2n) is 6.65. The van der Waals surface area contributed by atoms with Crippen molar-refractivity contribution in [2.75, 3.05) is 19.5 Å². The van der Waals surface area contributed by atoms with Gasteiger partial charge in [-0.3, -0.25) is 14.5 Å². The Balaban J connectivity index is 2.27. The van der Waals surface area contributed by atoms with E-state index >= 15 is 0 Å². The SMILES string of the molecule is C=C(/C=C\C(=C/N)OC)C(=O)Nc1ccc(F)c(C2(C)CC(=O)N(C)C(N)=N2)c1. The smallest absolute Gasteiger partial charge is 0.255 e. The zero-order valence-corrected chi connectivity index (χ0v) is 16.5. The van der Waals surface area contributed by atoms with Crippen LogP contribution >= 0.6 is 0 Å². The van der Waals surface area contributed by atoms with Crippen LogP contribution in [0.5, 0.6) is 0 Å². The molecule has 5 N–H and O–H groups in total. The van der Waals surface area contributed by atoms with Crippen molar-refractivity contribution in [1.29, 1.82) is 0 Å². The van der Waals surface area contributed by atoms with E-state index in [-0.39, 0.29) is 29.4 Å². The van der Waals surface area contributed by atoms with Gasteiger partial charge in [0.05, 0.1) is 19.1 Å². The number of ether oxygens (including phenoxy) is 1. The molecule has 0 saturated carbocycles. The molecule has 1 aliphatic rings. The third kappa shape index (κ3) is 4.81. The number of hydrogen-bond donors (Lipinski definition) is 3. The van der Waals surface area contributed by atoms with E-state index in [2.05, 4.69) is 16.9 Å². The quantitative estimate of drug-likeness (QED) is 0.380. The predicted octanol–water partition coefficient (Wildman–Crippen LogP) is 1.72. The molecule has 0 aliphatic carbocycles. The fourth-order valence-electron chi connectivity index (χ4n) is 2.74. The topological polar surface area (TPSA) is 123 Å². The van der Waals surface area contributed by atoms with E-state index in [1.807, 2.05) is 0 Å². The number of nitrogens with zero attached hydrogens (tertiary/aromatic N) is 2. The maximum Gasteiger partial charge on any atom is 0.255 e. The minimum Gasteiger partial charge on any atom is -0.495 e. The van der Waals surface area contributed by atoms with E-state index in [9.17, 15) is 14.0 Å². The molecule has 0 aromatic heterocycles. The molecule has 1 unspecified atom stereocenters. The Morgan fingerprint density at radius 3 is 2.72 bits per heavy atom. The molecule has 0 bridgehead atoms. The second kappa shape index (κ2) is 8.59. The molecule has 0 fully saturated rings. The van der Waals surface area contributed by atoms with Gasteiger partial charge >= 0.3 is 0 Å². The maximum absolute atomic E-state index is 14.5. The highest BCUT2D eigenvalue weighted by molar-refractivity contribution is 6.05. The van der Waals surface area contributed by atoms with Gasteiger partial charge < -0.3 is 21.5 Å². The minimum atomic E-state index is -1.19. The molecule has 154 valence electrons. The van der Waals surface area contributed by atoms with Gasteiger partial charge in [0.15, 0.2) is 5.96 Å². The normalized spacial score (nSPS) is 19.9. The molecule has 2 rings (SSSR count). The van der Waals surface area contributed by atoms with Gasteiger partial charge in [-0.25, -0.2) is 9.38 Å². The average Bonchev–Trinajstić information content (AvgIpc) is 2.68. The second-order valence-corrected chi connectivity index (χ2v) is 6.65. The van der Waals surface area contributed by atoms with Crippen LogP contribution in [0.4, 0.5) is 10.1 Å². The van der Waals surface area contributed by atoms with Crippen molar-refractivity contribution in [3.8, 4) is 0 Å². The van der Waals surface area contributed by atoms with Crippen LogP contribution in [0.3, 0.4) is 0 Å². The van der Waals surface area contributed by atoms with Gasteiger partial charge in [0, 0.05) is 30.1 Å². The number of methoxy groups -OCH3 is 1. The number of nitrogens with one attached hydrogen (secondary N) is 1. The van der Waals surface area contributed by atoms with Crippen molar-refractivity contribution < 1.29 is 18.7 Å². The number of rotatable bonds is 6. The largest absolute Gasteiger partial charge is 0.495 e. The van der Waals surface area contributed by atoms with Crippen molar-refractivity contribution in [3.05, 3.63) is 65.8 Å². The van der Waals surface area contributed by atoms with Gasteiger partial charge in [0.25, 0.3) is 5.91 Å². The summed E-state index contributed by atoms with van der Waals surface area (Å²) in [7, 11) is 2.94. The summed E-state index contributed by atoms with van der Waals surface area (Å²) >= 11 is 0. The number of allylic oxidation sites excluding steroid dienone is 1. The summed E-state index contributed by atoms with van der Waals surface area (Å²) in [4.78, 5) is 30.0. The number of hydrogen-bond acceptors (Lipinski definition) is 6. The lowest BCUT2D eigenvalue weighted by molar-refractivity contribution is -0.128. The fraction of sp³-hybridized carbons (Fsp3) is 0.250. The molecular formula is C20H24FN5O3. The third-order valence-electron chi connectivity index (χ3n) is 4.52. The summed E-state index contributed by atoms with van der Waals surface area (Å²) in [6, 6.07) is 4.03. The molecular weight excluding hydrogens is 377 g/mol. The van der Waals surface area contributed by atoms with Crippen LogP contribution in [0, 0.1) is 5.82 Å². The Hall–Kier alpha value is -3.62. The predicted molar refractivity (Wildman–Crippen MR) is 109 cm³/mol. The first kappa shape index (κ1) is 21.7. The Labute approximate surface area is 168 Å². The van der Waals surface area contributed by atoms with Crippen molar-refractivity contribution in [2.24, 2.45) is 16.5 Å². The third-order valence-corrected chi connectivity index (χ3v) is 4.52. The fourth-order valence-corrected chi connectivity index (χ4v) is 2.74. The van der Waals surface area contributed by atoms with E-state index in [4.69, 9.17) is 16.2 Å². The van der Waals surface area contributed by atoms with Crippen LogP contribution in [-0.2, 0) is 19.9 Å². The van der Waals surface area contributed by atoms with Crippen LogP contribution in [0.2, 0.25) is 0 Å². The molecule has 29 heavy (non-hydrogen) atoms. The van der Waals surface area contributed by atoms with Crippen LogP contribution in [-0.4, -0.2) is 36.8 Å². The van der Waals surface area contributed by atoms with Gasteiger partial charge in [-0.05, 0) is 37.3 Å². The van der Waals surface area contributed by atoms with Crippen molar-refractivity contribution >= 4 is 23.5 Å². The van der Waals surface area contributed by atoms with Crippen molar-refractivity contribution in [3.63, 3.8) is 0 Å². The van der Waals surface area contributed by atoms with E-state index in [1.54, 1.807) is 6.92 Å². The summed E-state index contributed by atoms with van der Waals surface area (Å²) in [6.45, 7) is 5.29. The molecule has 1 aliphatic heterocycles. The van der Waals surface area contributed by atoms with Gasteiger partial charge in [-0.15, -0.1) is 0 Å². The van der Waals surface area contributed by atoms with Gasteiger partial charge in [-0.1, -0.05) is 6.58 Å². The Bertz CT molecular complexity index is 938. The van der Waals surface area contributed by atoms with Crippen LogP contribution in [0.15, 0.2) is 59.5 Å². The Kier molecular flexibility index (Phi) is 6.42. The molecule has 0 spiro atoms. The van der Waals surface area contributed by atoms with Crippen molar-refractivity contribution in [2.45, 2.75) is 18.9 Å². The molecule has 2 amide bonds. The molecule has 1 aromatic rings. The maximum atomic E-state index is 14.5. The highest BCUT2D eigenvalue weighted by Crippen LogP contribution is 2.35. The van der Waals surface area contributed by atoms with E-state index in [1.165, 1.54) is 55.6 Å². The zero-order valence-electron chi connectivity index (χ0n) is 16.5. The number of benzene rings is 1. The first-order valence-corrected chi connectivity index (χ1v) is 8.67. The highest BCUT2D eigenvalue weighted by atomic mass is 19.1. The van der Waals surface area contributed by atoms with Crippen LogP contribution < -0.4 is 16.8 Å². The molecule has 8 nitrogen and oxygen atoms in total. The molecule has 1 aromatic carbocycles. The lowest BCUT2D eigenvalue weighted by Crippen LogP contribution is -2.47. The standard InChI is InChI=1S/C20H24FN5O3/c1-12(5-7-14(11-22)29-4)18(28)24-13-6-8-16(21)15(9-13)20(2)10-17(27)26(3)19(23)25-20/h5-9,11H,1,10,22H2,2-4H3,(H2,23,25)(H,24,28)/b7-5-,14-11+. The highest BCUT2D eigenvalue weighted by Gasteiger charge is 2.38. The van der Waals surface area contributed by atoms with Crippen molar-refractivity contribution in [1.82, 2.24) is 4.90 Å². The Morgan fingerprint density at radius 1 is 1.45 bits per heavy atom. The summed E-state index contributed by atoms with van der Waals surface area (Å²) < 4.78 is 19.5. The van der Waals surface area contributed by atoms with Gasteiger partial charge in [-0.2, -0.15) is 0 Å². The number of guanidine groups is 1. The summed E-state index contributed by atoms with van der Waals surface area (Å²) in [6.07, 6.45) is 4.10. The van der Waals surface area contributed by atoms with E-state index in [0.717, 1.165) is 0 Å². The first-order valence-electron chi connectivity index (χ1n) is 8.67. The zero-order chi connectivity index (χ0) is 21.8. The lowest BCUT2D eigenvalue weighted by atomic mass is 9.87. The van der Waals surface area contributed by atoms with Gasteiger partial charge in [0.1, 0.15) is 11.6 Å². The number of anilines is 1.